The SMILES string of the molecule is COc1ccc(N=Cc2c(C)c(C#N)c(=O)n(C(C)C)c2O)c(OC)c1. The molecule has 0 aliphatic rings. The Kier molecular flexibility index (Phi) is 5.68. The van der Waals surface area contributed by atoms with Crippen LogP contribution >= 0.6 is 0 Å². The molecule has 0 unspecified atom stereocenters. The molecule has 0 amide bonds. The van der Waals surface area contributed by atoms with Crippen LogP contribution in [0.3, 0.4) is 0 Å². The van der Waals surface area contributed by atoms with Crippen LogP contribution in [0.25, 0.3) is 0 Å². The Balaban J connectivity index is 2.64. The number of rotatable bonds is 5. The van der Waals surface area contributed by atoms with Crippen LogP contribution in [0.2, 0.25) is 0 Å². The van der Waals surface area contributed by atoms with Crippen LogP contribution in [0.1, 0.15) is 36.6 Å². The lowest BCUT2D eigenvalue weighted by Crippen LogP contribution is -2.26. The standard InChI is InChI=1S/C19H21N3O4/c1-11(2)22-18(23)14(9-20)12(3)15(19(22)24)10-21-16-7-6-13(25-4)8-17(16)26-5/h6-8,10-11,24H,1-5H3. The third kappa shape index (κ3) is 3.40. The van der Waals surface area contributed by atoms with Crippen LogP contribution in [0, 0.1) is 18.3 Å². The molecule has 1 heterocycles. The van der Waals surface area contributed by atoms with E-state index in [4.69, 9.17) is 9.47 Å². The monoisotopic (exact) mass is 355 g/mol. The van der Waals surface area contributed by atoms with Gasteiger partial charge in [-0.2, -0.15) is 5.26 Å². The number of ether oxygens (including phenoxy) is 2. The second-order valence-electron chi connectivity index (χ2n) is 5.91. The first kappa shape index (κ1) is 19.1. The molecule has 0 saturated carbocycles. The molecule has 1 N–H and O–H groups in total. The quantitative estimate of drug-likeness (QED) is 0.831. The lowest BCUT2D eigenvalue weighted by Gasteiger charge is -2.16. The summed E-state index contributed by atoms with van der Waals surface area (Å²) >= 11 is 0. The number of methoxy groups -OCH3 is 2. The normalized spacial score (nSPS) is 11.0. The third-order valence-corrected chi connectivity index (χ3v) is 4.03. The van der Waals surface area contributed by atoms with E-state index < -0.39 is 5.56 Å². The van der Waals surface area contributed by atoms with Gasteiger partial charge in [0.25, 0.3) is 5.56 Å². The van der Waals surface area contributed by atoms with E-state index >= 15 is 0 Å². The van der Waals surface area contributed by atoms with E-state index in [0.29, 0.717) is 28.3 Å². The lowest BCUT2D eigenvalue weighted by molar-refractivity contribution is 0.386. The first-order chi connectivity index (χ1) is 12.3. The fourth-order valence-corrected chi connectivity index (χ4v) is 2.60. The van der Waals surface area contributed by atoms with E-state index in [2.05, 4.69) is 4.99 Å². The van der Waals surface area contributed by atoms with Crippen molar-refractivity contribution >= 4 is 11.9 Å². The van der Waals surface area contributed by atoms with Gasteiger partial charge in [-0.15, -0.1) is 0 Å². The van der Waals surface area contributed by atoms with Gasteiger partial charge in [0, 0.05) is 18.3 Å². The van der Waals surface area contributed by atoms with Crippen LogP contribution in [0.4, 0.5) is 5.69 Å². The fraction of sp³-hybridized carbons (Fsp3) is 0.316. The van der Waals surface area contributed by atoms with E-state index in [-0.39, 0.29) is 17.5 Å². The molecule has 0 aliphatic heterocycles. The molecular formula is C19H21N3O4. The molecule has 0 bridgehead atoms. The summed E-state index contributed by atoms with van der Waals surface area (Å²) in [6, 6.07) is 6.74. The highest BCUT2D eigenvalue weighted by Gasteiger charge is 2.19. The van der Waals surface area contributed by atoms with E-state index in [9.17, 15) is 15.2 Å². The van der Waals surface area contributed by atoms with Gasteiger partial charge in [-0.1, -0.05) is 0 Å². The maximum Gasteiger partial charge on any atom is 0.271 e. The number of nitrogens with zero attached hydrogens (tertiary/aromatic N) is 3. The average Bonchev–Trinajstić information content (AvgIpc) is 2.61. The van der Waals surface area contributed by atoms with Gasteiger partial charge in [0.05, 0.1) is 19.8 Å². The number of benzene rings is 1. The van der Waals surface area contributed by atoms with E-state index in [1.807, 2.05) is 6.07 Å². The van der Waals surface area contributed by atoms with Crippen molar-refractivity contribution in [2.45, 2.75) is 26.8 Å². The number of hydrogen-bond acceptors (Lipinski definition) is 6. The molecular weight excluding hydrogens is 334 g/mol. The molecule has 0 fully saturated rings. The molecule has 2 aromatic rings. The lowest BCUT2D eigenvalue weighted by atomic mass is 10.1. The third-order valence-electron chi connectivity index (χ3n) is 4.03. The molecule has 0 aliphatic carbocycles. The molecule has 1 aromatic heterocycles. The zero-order valence-corrected chi connectivity index (χ0v) is 15.4. The van der Waals surface area contributed by atoms with E-state index in [0.717, 1.165) is 0 Å². The van der Waals surface area contributed by atoms with Crippen molar-refractivity contribution in [1.82, 2.24) is 4.57 Å². The summed E-state index contributed by atoms with van der Waals surface area (Å²) in [5.41, 5.74) is 0.681. The maximum atomic E-state index is 12.4. The molecule has 0 spiro atoms. The molecule has 7 nitrogen and oxygen atoms in total. The number of nitriles is 1. The molecule has 1 aromatic carbocycles. The molecule has 26 heavy (non-hydrogen) atoms. The Hall–Kier alpha value is -3.27. The summed E-state index contributed by atoms with van der Waals surface area (Å²) in [4.78, 5) is 16.7. The summed E-state index contributed by atoms with van der Waals surface area (Å²) in [6.07, 6.45) is 1.42. The van der Waals surface area contributed by atoms with Gasteiger partial charge >= 0.3 is 0 Å². The predicted octanol–water partition coefficient (Wildman–Crippen LogP) is 3.08. The van der Waals surface area contributed by atoms with Gasteiger partial charge in [-0.25, -0.2) is 0 Å². The topological polar surface area (TPSA) is 96.8 Å². The first-order valence-electron chi connectivity index (χ1n) is 7.99. The fourth-order valence-electron chi connectivity index (χ4n) is 2.60. The van der Waals surface area contributed by atoms with Gasteiger partial charge in [0.15, 0.2) is 0 Å². The first-order valence-corrected chi connectivity index (χ1v) is 7.99. The number of pyridine rings is 1. The highest BCUT2D eigenvalue weighted by atomic mass is 16.5. The zero-order valence-electron chi connectivity index (χ0n) is 15.4. The molecule has 7 heteroatoms. The average molecular weight is 355 g/mol. The van der Waals surface area contributed by atoms with E-state index in [1.165, 1.54) is 17.9 Å². The van der Waals surface area contributed by atoms with Crippen molar-refractivity contribution < 1.29 is 14.6 Å². The molecule has 0 atom stereocenters. The molecule has 2 rings (SSSR count). The highest BCUT2D eigenvalue weighted by molar-refractivity contribution is 5.88. The highest BCUT2D eigenvalue weighted by Crippen LogP contribution is 2.32. The second kappa shape index (κ2) is 7.74. The zero-order chi connectivity index (χ0) is 19.4. The summed E-state index contributed by atoms with van der Waals surface area (Å²) < 4.78 is 11.6. The minimum absolute atomic E-state index is 0.0142. The molecule has 136 valence electrons. The van der Waals surface area contributed by atoms with Gasteiger partial charge in [-0.3, -0.25) is 14.4 Å². The minimum atomic E-state index is -0.517. The second-order valence-corrected chi connectivity index (χ2v) is 5.91. The van der Waals surface area contributed by atoms with Crippen molar-refractivity contribution in [3.8, 4) is 23.4 Å². The van der Waals surface area contributed by atoms with Gasteiger partial charge in [0.2, 0.25) is 5.88 Å². The maximum absolute atomic E-state index is 12.4. The van der Waals surface area contributed by atoms with Crippen molar-refractivity contribution in [1.29, 1.82) is 5.26 Å². The van der Waals surface area contributed by atoms with Crippen molar-refractivity contribution in [3.05, 3.63) is 45.2 Å². The summed E-state index contributed by atoms with van der Waals surface area (Å²) in [6.45, 7) is 5.12. The smallest absolute Gasteiger partial charge is 0.271 e. The van der Waals surface area contributed by atoms with Gasteiger partial charge < -0.3 is 14.6 Å². The molecule has 0 saturated heterocycles. The van der Waals surface area contributed by atoms with Crippen molar-refractivity contribution in [2.75, 3.05) is 14.2 Å². The van der Waals surface area contributed by atoms with Crippen LogP contribution in [-0.4, -0.2) is 30.1 Å². The Labute approximate surface area is 151 Å². The summed E-state index contributed by atoms with van der Waals surface area (Å²) in [7, 11) is 3.07. The van der Waals surface area contributed by atoms with E-state index in [1.54, 1.807) is 46.1 Å². The van der Waals surface area contributed by atoms with Crippen LogP contribution in [0.15, 0.2) is 28.0 Å². The number of aliphatic imine (C=N–C) groups is 1. The number of aromatic hydroxyl groups is 1. The van der Waals surface area contributed by atoms with Crippen LogP contribution in [-0.2, 0) is 0 Å². The number of aromatic nitrogens is 1. The number of hydrogen-bond donors (Lipinski definition) is 1. The Morgan fingerprint density at radius 1 is 1.31 bits per heavy atom. The largest absolute Gasteiger partial charge is 0.497 e. The Morgan fingerprint density at radius 2 is 2.00 bits per heavy atom. The summed E-state index contributed by atoms with van der Waals surface area (Å²) in [5.74, 6) is 0.896. The van der Waals surface area contributed by atoms with Crippen molar-refractivity contribution in [3.63, 3.8) is 0 Å². The minimum Gasteiger partial charge on any atom is -0.497 e. The van der Waals surface area contributed by atoms with Crippen molar-refractivity contribution in [2.24, 2.45) is 4.99 Å². The van der Waals surface area contributed by atoms with Gasteiger partial charge in [-0.05, 0) is 38.5 Å². The van der Waals surface area contributed by atoms with Crippen LogP contribution in [0.5, 0.6) is 17.4 Å². The Bertz CT molecular complexity index is 953. The molecule has 0 radical (unpaired) electrons. The Morgan fingerprint density at radius 3 is 2.54 bits per heavy atom. The van der Waals surface area contributed by atoms with Crippen LogP contribution < -0.4 is 15.0 Å². The van der Waals surface area contributed by atoms with Gasteiger partial charge in [0.1, 0.15) is 28.8 Å². The predicted molar refractivity (Wildman–Crippen MR) is 99.0 cm³/mol. The summed E-state index contributed by atoms with van der Waals surface area (Å²) in [5, 5.41) is 19.9.